The van der Waals surface area contributed by atoms with E-state index in [4.69, 9.17) is 9.47 Å². The number of rotatable bonds is 4. The predicted molar refractivity (Wildman–Crippen MR) is 82.0 cm³/mol. The zero-order valence-corrected chi connectivity index (χ0v) is 12.8. The normalized spacial score (nSPS) is 14.3. The second-order valence-corrected chi connectivity index (χ2v) is 5.72. The Morgan fingerprint density at radius 2 is 2.05 bits per heavy atom. The molecule has 104 valence electrons. The first-order chi connectivity index (χ1) is 9.74. The molecule has 4 heteroatoms. The summed E-state index contributed by atoms with van der Waals surface area (Å²) >= 11 is 3.50. The highest BCUT2D eigenvalue weighted by Crippen LogP contribution is 2.35. The van der Waals surface area contributed by atoms with E-state index in [1.54, 1.807) is 0 Å². The molecule has 0 amide bonds. The molecule has 0 bridgehead atoms. The molecule has 0 fully saturated rings. The van der Waals surface area contributed by atoms with E-state index in [0.29, 0.717) is 6.79 Å². The first-order valence-electron chi connectivity index (χ1n) is 6.60. The molecule has 2 aromatic rings. The SMILES string of the molecule is C[C@@H](NCc1cccc2c1OCO2)c1cccc(Br)c1. The van der Waals surface area contributed by atoms with Crippen LogP contribution in [0.25, 0.3) is 0 Å². The lowest BCUT2D eigenvalue weighted by Crippen LogP contribution is -2.18. The van der Waals surface area contributed by atoms with Gasteiger partial charge < -0.3 is 14.8 Å². The van der Waals surface area contributed by atoms with Crippen LogP contribution in [0.4, 0.5) is 0 Å². The molecule has 0 radical (unpaired) electrons. The molecular formula is C16H16BrNO2. The summed E-state index contributed by atoms with van der Waals surface area (Å²) < 4.78 is 12.0. The minimum absolute atomic E-state index is 0.269. The summed E-state index contributed by atoms with van der Waals surface area (Å²) in [5, 5.41) is 3.52. The van der Waals surface area contributed by atoms with Crippen LogP contribution < -0.4 is 14.8 Å². The number of halogens is 1. The Morgan fingerprint density at radius 3 is 2.90 bits per heavy atom. The summed E-state index contributed by atoms with van der Waals surface area (Å²) in [4.78, 5) is 0. The Labute approximate surface area is 127 Å². The lowest BCUT2D eigenvalue weighted by atomic mass is 10.1. The maximum absolute atomic E-state index is 5.52. The van der Waals surface area contributed by atoms with Gasteiger partial charge in [-0.1, -0.05) is 40.2 Å². The number of para-hydroxylation sites is 1. The fourth-order valence-corrected chi connectivity index (χ4v) is 2.70. The van der Waals surface area contributed by atoms with Crippen LogP contribution in [0.15, 0.2) is 46.9 Å². The maximum atomic E-state index is 5.52. The molecule has 1 N–H and O–H groups in total. The monoisotopic (exact) mass is 333 g/mol. The van der Waals surface area contributed by atoms with Crippen LogP contribution in [0.5, 0.6) is 11.5 Å². The van der Waals surface area contributed by atoms with E-state index in [2.05, 4.69) is 52.4 Å². The third kappa shape index (κ3) is 2.81. The number of nitrogens with one attached hydrogen (secondary N) is 1. The summed E-state index contributed by atoms with van der Waals surface area (Å²) in [5.41, 5.74) is 2.38. The summed E-state index contributed by atoms with van der Waals surface area (Å²) in [6.45, 7) is 3.22. The molecule has 0 saturated carbocycles. The molecule has 20 heavy (non-hydrogen) atoms. The van der Waals surface area contributed by atoms with E-state index in [0.717, 1.165) is 28.1 Å². The lowest BCUT2D eigenvalue weighted by molar-refractivity contribution is 0.173. The Bertz CT molecular complexity index is 615. The van der Waals surface area contributed by atoms with Gasteiger partial charge in [-0.05, 0) is 30.7 Å². The highest BCUT2D eigenvalue weighted by Gasteiger charge is 2.17. The second kappa shape index (κ2) is 5.85. The highest BCUT2D eigenvalue weighted by atomic mass is 79.9. The molecule has 3 rings (SSSR count). The van der Waals surface area contributed by atoms with Crippen molar-refractivity contribution in [2.45, 2.75) is 19.5 Å². The molecule has 0 unspecified atom stereocenters. The van der Waals surface area contributed by atoms with E-state index < -0.39 is 0 Å². The van der Waals surface area contributed by atoms with Gasteiger partial charge in [-0.15, -0.1) is 0 Å². The summed E-state index contributed by atoms with van der Waals surface area (Å²) in [6.07, 6.45) is 0. The number of benzene rings is 2. The van der Waals surface area contributed by atoms with Crippen molar-refractivity contribution in [3.63, 3.8) is 0 Å². The second-order valence-electron chi connectivity index (χ2n) is 4.81. The molecule has 1 aliphatic heterocycles. The summed E-state index contributed by atoms with van der Waals surface area (Å²) in [7, 11) is 0. The van der Waals surface area contributed by atoms with Crippen LogP contribution >= 0.6 is 15.9 Å². The highest BCUT2D eigenvalue weighted by molar-refractivity contribution is 9.10. The minimum Gasteiger partial charge on any atom is -0.454 e. The van der Waals surface area contributed by atoms with Crippen LogP contribution in [-0.4, -0.2) is 6.79 Å². The van der Waals surface area contributed by atoms with E-state index >= 15 is 0 Å². The van der Waals surface area contributed by atoms with Gasteiger partial charge in [0.25, 0.3) is 0 Å². The summed E-state index contributed by atoms with van der Waals surface area (Å²) in [5.74, 6) is 1.70. The topological polar surface area (TPSA) is 30.5 Å². The van der Waals surface area contributed by atoms with Crippen LogP contribution in [0, 0.1) is 0 Å². The molecule has 0 saturated heterocycles. The van der Waals surface area contributed by atoms with Gasteiger partial charge in [0.1, 0.15) is 0 Å². The minimum atomic E-state index is 0.269. The number of hydrogen-bond donors (Lipinski definition) is 1. The molecule has 1 heterocycles. The van der Waals surface area contributed by atoms with Crippen molar-refractivity contribution in [1.82, 2.24) is 5.32 Å². The summed E-state index contributed by atoms with van der Waals surface area (Å²) in [6, 6.07) is 14.6. The van der Waals surface area contributed by atoms with E-state index in [9.17, 15) is 0 Å². The zero-order valence-electron chi connectivity index (χ0n) is 11.2. The van der Waals surface area contributed by atoms with Crippen LogP contribution in [0.3, 0.4) is 0 Å². The Balaban J connectivity index is 1.69. The fourth-order valence-electron chi connectivity index (χ4n) is 2.29. The van der Waals surface area contributed by atoms with Crippen LogP contribution in [-0.2, 0) is 6.54 Å². The predicted octanol–water partition coefficient (Wildman–Crippen LogP) is 4.03. The fraction of sp³-hybridized carbons (Fsp3) is 0.250. The first kappa shape index (κ1) is 13.5. The zero-order chi connectivity index (χ0) is 13.9. The first-order valence-corrected chi connectivity index (χ1v) is 7.39. The number of ether oxygens (including phenoxy) is 2. The molecule has 2 aromatic carbocycles. The van der Waals surface area contributed by atoms with Crippen molar-refractivity contribution in [2.75, 3.05) is 6.79 Å². The lowest BCUT2D eigenvalue weighted by Gasteiger charge is -2.15. The van der Waals surface area contributed by atoms with E-state index in [1.807, 2.05) is 18.2 Å². The van der Waals surface area contributed by atoms with Gasteiger partial charge in [0, 0.05) is 22.6 Å². The largest absolute Gasteiger partial charge is 0.454 e. The third-order valence-electron chi connectivity index (χ3n) is 3.43. The standard InChI is InChI=1S/C16H16BrNO2/c1-11(12-4-2-6-14(17)8-12)18-9-13-5-3-7-15-16(13)20-10-19-15/h2-8,11,18H,9-10H2,1H3/t11-/m1/s1. The molecule has 0 spiro atoms. The van der Waals surface area contributed by atoms with Crippen LogP contribution in [0.2, 0.25) is 0 Å². The third-order valence-corrected chi connectivity index (χ3v) is 3.92. The van der Waals surface area contributed by atoms with Crippen molar-refractivity contribution in [2.24, 2.45) is 0 Å². The quantitative estimate of drug-likeness (QED) is 0.916. The van der Waals surface area contributed by atoms with Gasteiger partial charge in [-0.25, -0.2) is 0 Å². The van der Waals surface area contributed by atoms with Crippen molar-refractivity contribution in [3.8, 4) is 11.5 Å². The van der Waals surface area contributed by atoms with Crippen molar-refractivity contribution < 1.29 is 9.47 Å². The Kier molecular flexibility index (Phi) is 3.94. The average Bonchev–Trinajstić information content (AvgIpc) is 2.93. The average molecular weight is 334 g/mol. The molecule has 0 aliphatic carbocycles. The molecule has 1 aliphatic rings. The molecule has 0 aromatic heterocycles. The van der Waals surface area contributed by atoms with Crippen molar-refractivity contribution in [1.29, 1.82) is 0 Å². The molecule has 1 atom stereocenters. The van der Waals surface area contributed by atoms with Gasteiger partial charge in [0.15, 0.2) is 11.5 Å². The molecular weight excluding hydrogens is 318 g/mol. The van der Waals surface area contributed by atoms with Crippen LogP contribution in [0.1, 0.15) is 24.1 Å². The van der Waals surface area contributed by atoms with Gasteiger partial charge in [0.05, 0.1) is 0 Å². The number of hydrogen-bond acceptors (Lipinski definition) is 3. The van der Waals surface area contributed by atoms with Gasteiger partial charge in [-0.2, -0.15) is 0 Å². The Hall–Kier alpha value is -1.52. The van der Waals surface area contributed by atoms with E-state index in [1.165, 1.54) is 5.56 Å². The van der Waals surface area contributed by atoms with Gasteiger partial charge in [0.2, 0.25) is 6.79 Å². The van der Waals surface area contributed by atoms with Gasteiger partial charge in [-0.3, -0.25) is 0 Å². The smallest absolute Gasteiger partial charge is 0.231 e. The van der Waals surface area contributed by atoms with Crippen molar-refractivity contribution in [3.05, 3.63) is 58.1 Å². The van der Waals surface area contributed by atoms with Gasteiger partial charge >= 0.3 is 0 Å². The maximum Gasteiger partial charge on any atom is 0.231 e. The molecule has 3 nitrogen and oxygen atoms in total. The van der Waals surface area contributed by atoms with E-state index in [-0.39, 0.29) is 6.04 Å². The number of fused-ring (bicyclic) bond motifs is 1. The van der Waals surface area contributed by atoms with Crippen molar-refractivity contribution >= 4 is 15.9 Å². The Morgan fingerprint density at radius 1 is 1.20 bits per heavy atom.